The third kappa shape index (κ3) is 3.11. The molecule has 1 heterocycles. The lowest BCUT2D eigenvalue weighted by Gasteiger charge is -2.18. The highest BCUT2D eigenvalue weighted by Gasteiger charge is 2.33. The molecular weight excluding hydrogens is 300 g/mol. The Morgan fingerprint density at radius 2 is 2.10 bits per heavy atom. The van der Waals surface area contributed by atoms with Gasteiger partial charge in [0.1, 0.15) is 0 Å². The van der Waals surface area contributed by atoms with E-state index < -0.39 is 31.4 Å². The lowest BCUT2D eigenvalue weighted by atomic mass is 10.3. The van der Waals surface area contributed by atoms with Gasteiger partial charge in [0, 0.05) is 24.8 Å². The molecule has 2 rings (SSSR count). The number of nitrogens with zero attached hydrogens (tertiary/aromatic N) is 2. The van der Waals surface area contributed by atoms with Crippen molar-refractivity contribution in [1.29, 1.82) is 0 Å². The van der Waals surface area contributed by atoms with Crippen LogP contribution in [0.4, 0.5) is 11.4 Å². The molecule has 0 spiro atoms. The van der Waals surface area contributed by atoms with E-state index in [4.69, 9.17) is 5.73 Å². The van der Waals surface area contributed by atoms with Crippen molar-refractivity contribution in [3.05, 3.63) is 28.3 Å². The zero-order valence-corrected chi connectivity index (χ0v) is 11.8. The standard InChI is InChI=1S/C11H14N4O5S/c12-8-2-3-9(15(17)18)10(6-8)21(19,20)14-5-1-4-13-11(16)7-14/h2-3,6H,1,4-5,7,12H2,(H,13,16). The Hall–Kier alpha value is -2.20. The van der Waals surface area contributed by atoms with E-state index in [0.29, 0.717) is 13.0 Å². The molecule has 10 heteroatoms. The zero-order valence-electron chi connectivity index (χ0n) is 11.0. The summed E-state index contributed by atoms with van der Waals surface area (Å²) in [5, 5.41) is 13.5. The quantitative estimate of drug-likeness (QED) is 0.446. The van der Waals surface area contributed by atoms with Crippen LogP contribution in [-0.2, 0) is 14.8 Å². The molecule has 9 nitrogen and oxygen atoms in total. The summed E-state index contributed by atoms with van der Waals surface area (Å²) in [5.74, 6) is -0.442. The summed E-state index contributed by atoms with van der Waals surface area (Å²) < 4.78 is 26.0. The van der Waals surface area contributed by atoms with Crippen molar-refractivity contribution in [2.45, 2.75) is 11.3 Å². The van der Waals surface area contributed by atoms with Gasteiger partial charge in [-0.1, -0.05) is 0 Å². The largest absolute Gasteiger partial charge is 0.399 e. The van der Waals surface area contributed by atoms with Crippen LogP contribution < -0.4 is 11.1 Å². The molecule has 1 amide bonds. The predicted octanol–water partition coefficient (Wildman–Crippen LogP) is -0.312. The number of nitro benzene ring substituents is 1. The maximum Gasteiger partial charge on any atom is 0.289 e. The van der Waals surface area contributed by atoms with Crippen LogP contribution in [0.15, 0.2) is 23.1 Å². The van der Waals surface area contributed by atoms with Crippen LogP contribution in [0.1, 0.15) is 6.42 Å². The van der Waals surface area contributed by atoms with E-state index in [-0.39, 0.29) is 18.8 Å². The summed E-state index contributed by atoms with van der Waals surface area (Å²) in [7, 11) is -4.17. The van der Waals surface area contributed by atoms with Gasteiger partial charge in [-0.25, -0.2) is 8.42 Å². The maximum atomic E-state index is 12.5. The lowest BCUT2D eigenvalue weighted by Crippen LogP contribution is -2.37. The van der Waals surface area contributed by atoms with E-state index >= 15 is 0 Å². The first-order chi connectivity index (χ1) is 9.82. The third-order valence-corrected chi connectivity index (χ3v) is 4.90. The third-order valence-electron chi connectivity index (χ3n) is 3.02. The number of nitrogen functional groups attached to an aromatic ring is 1. The van der Waals surface area contributed by atoms with Crippen LogP contribution in [0.5, 0.6) is 0 Å². The smallest absolute Gasteiger partial charge is 0.289 e. The van der Waals surface area contributed by atoms with Gasteiger partial charge in [-0.3, -0.25) is 14.9 Å². The van der Waals surface area contributed by atoms with Crippen LogP contribution in [0.3, 0.4) is 0 Å². The van der Waals surface area contributed by atoms with Gasteiger partial charge in [0.25, 0.3) is 5.69 Å². The lowest BCUT2D eigenvalue weighted by molar-refractivity contribution is -0.387. The minimum Gasteiger partial charge on any atom is -0.399 e. The summed E-state index contributed by atoms with van der Waals surface area (Å²) >= 11 is 0. The van der Waals surface area contributed by atoms with Gasteiger partial charge in [0.15, 0.2) is 4.90 Å². The number of hydrogen-bond donors (Lipinski definition) is 2. The van der Waals surface area contributed by atoms with Crippen molar-refractivity contribution in [1.82, 2.24) is 9.62 Å². The molecule has 1 aliphatic heterocycles. The number of hydrogen-bond acceptors (Lipinski definition) is 6. The minimum atomic E-state index is -4.17. The van der Waals surface area contributed by atoms with Crippen molar-refractivity contribution in [2.24, 2.45) is 0 Å². The second-order valence-corrected chi connectivity index (χ2v) is 6.43. The van der Waals surface area contributed by atoms with E-state index in [1.165, 1.54) is 6.07 Å². The van der Waals surface area contributed by atoms with Gasteiger partial charge in [0.2, 0.25) is 15.9 Å². The fraction of sp³-hybridized carbons (Fsp3) is 0.364. The first-order valence-corrected chi connectivity index (χ1v) is 7.57. The molecule has 1 aromatic rings. The van der Waals surface area contributed by atoms with Crippen molar-refractivity contribution < 1.29 is 18.1 Å². The van der Waals surface area contributed by atoms with E-state index in [9.17, 15) is 23.3 Å². The monoisotopic (exact) mass is 314 g/mol. The number of anilines is 1. The Morgan fingerprint density at radius 3 is 2.76 bits per heavy atom. The number of nitrogens with one attached hydrogen (secondary N) is 1. The van der Waals surface area contributed by atoms with E-state index in [0.717, 1.165) is 16.4 Å². The van der Waals surface area contributed by atoms with Gasteiger partial charge in [0.05, 0.1) is 11.5 Å². The molecule has 0 atom stereocenters. The Morgan fingerprint density at radius 1 is 1.38 bits per heavy atom. The molecule has 21 heavy (non-hydrogen) atoms. The van der Waals surface area contributed by atoms with E-state index in [2.05, 4.69) is 5.32 Å². The first kappa shape index (κ1) is 15.2. The Labute approximate surface area is 120 Å². The highest BCUT2D eigenvalue weighted by atomic mass is 32.2. The van der Waals surface area contributed by atoms with Gasteiger partial charge in [-0.15, -0.1) is 0 Å². The highest BCUT2D eigenvalue weighted by molar-refractivity contribution is 7.89. The molecule has 1 aromatic carbocycles. The summed E-state index contributed by atoms with van der Waals surface area (Å²) in [4.78, 5) is 21.2. The Balaban J connectivity index is 2.50. The fourth-order valence-electron chi connectivity index (χ4n) is 2.01. The summed E-state index contributed by atoms with van der Waals surface area (Å²) in [5.41, 5.74) is 5.06. The number of carbonyl (C=O) groups excluding carboxylic acids is 1. The van der Waals surface area contributed by atoms with Crippen LogP contribution in [0, 0.1) is 10.1 Å². The molecule has 0 aromatic heterocycles. The second kappa shape index (κ2) is 5.66. The van der Waals surface area contributed by atoms with Crippen molar-refractivity contribution in [3.8, 4) is 0 Å². The number of nitrogens with two attached hydrogens (primary N) is 1. The number of nitro groups is 1. The molecule has 3 N–H and O–H groups in total. The molecule has 1 aliphatic rings. The van der Waals surface area contributed by atoms with Gasteiger partial charge in [-0.05, 0) is 18.6 Å². The zero-order chi connectivity index (χ0) is 15.6. The summed E-state index contributed by atoms with van der Waals surface area (Å²) in [6.07, 6.45) is 0.432. The number of rotatable bonds is 3. The Bertz CT molecular complexity index is 688. The second-order valence-electron chi connectivity index (χ2n) is 4.53. The minimum absolute atomic E-state index is 0.0958. The van der Waals surface area contributed by atoms with Crippen LogP contribution in [-0.4, -0.2) is 43.2 Å². The number of amides is 1. The summed E-state index contributed by atoms with van der Waals surface area (Å²) in [6, 6.07) is 3.34. The normalized spacial score (nSPS) is 17.0. The molecule has 0 saturated carbocycles. The molecular formula is C11H14N4O5S. The number of carbonyl (C=O) groups is 1. The van der Waals surface area contributed by atoms with Crippen molar-refractivity contribution in [2.75, 3.05) is 25.4 Å². The van der Waals surface area contributed by atoms with Crippen molar-refractivity contribution >= 4 is 27.3 Å². The summed E-state index contributed by atoms with van der Waals surface area (Å²) in [6.45, 7) is 0.102. The van der Waals surface area contributed by atoms with Crippen LogP contribution in [0.2, 0.25) is 0 Å². The topological polar surface area (TPSA) is 136 Å². The van der Waals surface area contributed by atoms with Crippen LogP contribution >= 0.6 is 0 Å². The fourth-order valence-corrected chi connectivity index (χ4v) is 3.64. The van der Waals surface area contributed by atoms with Crippen molar-refractivity contribution in [3.63, 3.8) is 0 Å². The molecule has 0 aliphatic carbocycles. The van der Waals surface area contributed by atoms with E-state index in [1.54, 1.807) is 0 Å². The number of benzene rings is 1. The first-order valence-electron chi connectivity index (χ1n) is 6.13. The molecule has 0 radical (unpaired) electrons. The average molecular weight is 314 g/mol. The average Bonchev–Trinajstić information content (AvgIpc) is 2.63. The number of sulfonamides is 1. The van der Waals surface area contributed by atoms with E-state index in [1.807, 2.05) is 0 Å². The van der Waals surface area contributed by atoms with Gasteiger partial charge in [-0.2, -0.15) is 4.31 Å². The maximum absolute atomic E-state index is 12.5. The molecule has 0 bridgehead atoms. The van der Waals surface area contributed by atoms with Crippen LogP contribution in [0.25, 0.3) is 0 Å². The predicted molar refractivity (Wildman–Crippen MR) is 73.9 cm³/mol. The van der Waals surface area contributed by atoms with Gasteiger partial charge < -0.3 is 11.1 Å². The van der Waals surface area contributed by atoms with Gasteiger partial charge >= 0.3 is 0 Å². The molecule has 114 valence electrons. The molecule has 1 saturated heterocycles. The Kier molecular flexibility index (Phi) is 4.09. The SMILES string of the molecule is Nc1ccc([N+](=O)[O-])c(S(=O)(=O)N2CCCNC(=O)C2)c1. The highest BCUT2D eigenvalue weighted by Crippen LogP contribution is 2.28. The molecule has 0 unspecified atom stereocenters. The molecule has 1 fully saturated rings.